The predicted octanol–water partition coefficient (Wildman–Crippen LogP) is 4.35. The SMILES string of the molecule is COc1ncccc1C1SC(c2ccc(C)nc2)=NN1C(=O)c1ccccc1C. The van der Waals surface area contributed by atoms with Gasteiger partial charge < -0.3 is 4.74 Å². The summed E-state index contributed by atoms with van der Waals surface area (Å²) in [6, 6.07) is 15.2. The zero-order chi connectivity index (χ0) is 20.4. The normalized spacial score (nSPS) is 15.9. The van der Waals surface area contributed by atoms with Gasteiger partial charge in [-0.1, -0.05) is 30.0 Å². The Morgan fingerprint density at radius 3 is 2.62 bits per heavy atom. The topological polar surface area (TPSA) is 67.7 Å². The van der Waals surface area contributed by atoms with Gasteiger partial charge in [-0.05, 0) is 49.7 Å². The summed E-state index contributed by atoms with van der Waals surface area (Å²) in [5.41, 5.74) is 4.11. The van der Waals surface area contributed by atoms with Gasteiger partial charge in [0.25, 0.3) is 5.91 Å². The Hall–Kier alpha value is -3.19. The molecule has 2 aromatic heterocycles. The van der Waals surface area contributed by atoms with Crippen molar-refractivity contribution in [2.24, 2.45) is 5.10 Å². The van der Waals surface area contributed by atoms with Crippen LogP contribution in [-0.2, 0) is 0 Å². The van der Waals surface area contributed by atoms with Crippen molar-refractivity contribution in [2.45, 2.75) is 19.2 Å². The molecular formula is C22H20N4O2S. The van der Waals surface area contributed by atoms with E-state index in [0.717, 1.165) is 27.4 Å². The molecule has 3 heterocycles. The first kappa shape index (κ1) is 19.1. The van der Waals surface area contributed by atoms with Gasteiger partial charge in [-0.25, -0.2) is 9.99 Å². The van der Waals surface area contributed by atoms with E-state index in [1.807, 2.05) is 62.4 Å². The number of aromatic nitrogens is 2. The van der Waals surface area contributed by atoms with Gasteiger partial charge in [0.05, 0.1) is 7.11 Å². The maximum atomic E-state index is 13.4. The van der Waals surface area contributed by atoms with Crippen molar-refractivity contribution in [3.8, 4) is 5.88 Å². The van der Waals surface area contributed by atoms with Crippen LogP contribution in [0, 0.1) is 13.8 Å². The number of nitrogens with zero attached hydrogens (tertiary/aromatic N) is 4. The predicted molar refractivity (Wildman–Crippen MR) is 114 cm³/mol. The number of methoxy groups -OCH3 is 1. The molecule has 6 nitrogen and oxygen atoms in total. The lowest BCUT2D eigenvalue weighted by Crippen LogP contribution is -2.27. The van der Waals surface area contributed by atoms with E-state index in [2.05, 4.69) is 15.1 Å². The van der Waals surface area contributed by atoms with Gasteiger partial charge in [0.1, 0.15) is 10.4 Å². The summed E-state index contributed by atoms with van der Waals surface area (Å²) in [6.45, 7) is 3.86. The molecule has 1 aliphatic rings. The number of hydrogen-bond acceptors (Lipinski definition) is 6. The number of thioether (sulfide) groups is 1. The van der Waals surface area contributed by atoms with Crippen LogP contribution in [0.4, 0.5) is 0 Å². The molecule has 7 heteroatoms. The number of rotatable bonds is 4. The summed E-state index contributed by atoms with van der Waals surface area (Å²) in [4.78, 5) is 22.1. The lowest BCUT2D eigenvalue weighted by atomic mass is 10.1. The fourth-order valence-corrected chi connectivity index (χ4v) is 4.25. The van der Waals surface area contributed by atoms with Crippen LogP contribution in [0.5, 0.6) is 5.88 Å². The minimum atomic E-state index is -0.387. The van der Waals surface area contributed by atoms with E-state index in [9.17, 15) is 4.79 Å². The average Bonchev–Trinajstić information content (AvgIpc) is 3.19. The molecule has 0 saturated heterocycles. The molecule has 29 heavy (non-hydrogen) atoms. The van der Waals surface area contributed by atoms with Crippen LogP contribution >= 0.6 is 11.8 Å². The molecule has 0 saturated carbocycles. The number of aryl methyl sites for hydroxylation is 2. The van der Waals surface area contributed by atoms with Gasteiger partial charge in [-0.15, -0.1) is 0 Å². The van der Waals surface area contributed by atoms with Crippen molar-refractivity contribution < 1.29 is 9.53 Å². The molecule has 0 bridgehead atoms. The van der Waals surface area contributed by atoms with E-state index in [0.29, 0.717) is 11.4 Å². The molecule has 1 atom stereocenters. The highest BCUT2D eigenvalue weighted by atomic mass is 32.2. The van der Waals surface area contributed by atoms with Gasteiger partial charge in [0.15, 0.2) is 0 Å². The number of carbonyl (C=O) groups excluding carboxylic acids is 1. The third-order valence-corrected chi connectivity index (χ3v) is 5.86. The van der Waals surface area contributed by atoms with Gasteiger partial charge in [-0.3, -0.25) is 9.78 Å². The quantitative estimate of drug-likeness (QED) is 0.647. The molecular weight excluding hydrogens is 384 g/mol. The Morgan fingerprint density at radius 1 is 1.07 bits per heavy atom. The lowest BCUT2D eigenvalue weighted by molar-refractivity contribution is 0.0747. The summed E-state index contributed by atoms with van der Waals surface area (Å²) < 4.78 is 5.45. The van der Waals surface area contributed by atoms with Crippen LogP contribution in [0.3, 0.4) is 0 Å². The third kappa shape index (κ3) is 3.73. The zero-order valence-electron chi connectivity index (χ0n) is 16.4. The monoisotopic (exact) mass is 404 g/mol. The van der Waals surface area contributed by atoms with E-state index >= 15 is 0 Å². The second-order valence-corrected chi connectivity index (χ2v) is 7.70. The summed E-state index contributed by atoms with van der Waals surface area (Å²) in [5, 5.41) is 6.54. The summed E-state index contributed by atoms with van der Waals surface area (Å²) in [7, 11) is 1.57. The van der Waals surface area contributed by atoms with Crippen molar-refractivity contribution in [2.75, 3.05) is 7.11 Å². The van der Waals surface area contributed by atoms with Crippen molar-refractivity contribution in [1.29, 1.82) is 0 Å². The molecule has 1 aromatic carbocycles. The highest BCUT2D eigenvalue weighted by Crippen LogP contribution is 2.44. The maximum absolute atomic E-state index is 13.4. The fraction of sp³-hybridized carbons (Fsp3) is 0.182. The summed E-state index contributed by atoms with van der Waals surface area (Å²) in [5.74, 6) is 0.313. The van der Waals surface area contributed by atoms with Crippen molar-refractivity contribution >= 4 is 22.7 Å². The largest absolute Gasteiger partial charge is 0.481 e. The first-order chi connectivity index (χ1) is 14.1. The number of hydrogen-bond donors (Lipinski definition) is 0. The smallest absolute Gasteiger partial charge is 0.275 e. The number of benzene rings is 1. The molecule has 0 aliphatic carbocycles. The van der Waals surface area contributed by atoms with E-state index < -0.39 is 0 Å². The molecule has 0 radical (unpaired) electrons. The second-order valence-electron chi connectivity index (χ2n) is 6.63. The Kier molecular flexibility index (Phi) is 5.31. The van der Waals surface area contributed by atoms with E-state index in [4.69, 9.17) is 4.74 Å². The van der Waals surface area contributed by atoms with Crippen LogP contribution in [0.1, 0.15) is 38.1 Å². The zero-order valence-corrected chi connectivity index (χ0v) is 17.2. The Labute approximate surface area is 173 Å². The summed E-state index contributed by atoms with van der Waals surface area (Å²) >= 11 is 1.48. The molecule has 146 valence electrons. The lowest BCUT2D eigenvalue weighted by Gasteiger charge is -2.22. The molecule has 0 fully saturated rings. The number of ether oxygens (including phenoxy) is 1. The number of hydrazone groups is 1. The van der Waals surface area contributed by atoms with Gasteiger partial charge in [0.2, 0.25) is 5.88 Å². The number of pyridine rings is 2. The van der Waals surface area contributed by atoms with Crippen LogP contribution < -0.4 is 4.74 Å². The van der Waals surface area contributed by atoms with E-state index in [1.165, 1.54) is 16.8 Å². The number of amides is 1. The molecule has 0 N–H and O–H groups in total. The van der Waals surface area contributed by atoms with E-state index in [1.54, 1.807) is 19.5 Å². The highest BCUT2D eigenvalue weighted by molar-refractivity contribution is 8.14. The van der Waals surface area contributed by atoms with Crippen LogP contribution in [0.2, 0.25) is 0 Å². The van der Waals surface area contributed by atoms with Crippen molar-refractivity contribution in [1.82, 2.24) is 15.0 Å². The Balaban J connectivity index is 1.78. The van der Waals surface area contributed by atoms with Crippen molar-refractivity contribution in [3.05, 3.63) is 88.9 Å². The first-order valence-corrected chi connectivity index (χ1v) is 10.0. The van der Waals surface area contributed by atoms with Gasteiger partial charge >= 0.3 is 0 Å². The highest BCUT2D eigenvalue weighted by Gasteiger charge is 2.37. The van der Waals surface area contributed by atoms with Gasteiger partial charge in [-0.2, -0.15) is 5.10 Å². The van der Waals surface area contributed by atoms with Crippen LogP contribution in [-0.4, -0.2) is 33.0 Å². The number of carbonyl (C=O) groups is 1. The van der Waals surface area contributed by atoms with Gasteiger partial charge in [0, 0.05) is 34.8 Å². The molecule has 3 aromatic rings. The summed E-state index contributed by atoms with van der Waals surface area (Å²) in [6.07, 6.45) is 3.45. The molecule has 1 amide bonds. The minimum Gasteiger partial charge on any atom is -0.481 e. The minimum absolute atomic E-state index is 0.165. The molecule has 0 spiro atoms. The Morgan fingerprint density at radius 2 is 1.90 bits per heavy atom. The molecule has 4 rings (SSSR count). The van der Waals surface area contributed by atoms with Crippen molar-refractivity contribution in [3.63, 3.8) is 0 Å². The third-order valence-electron chi connectivity index (χ3n) is 4.65. The fourth-order valence-electron chi connectivity index (χ4n) is 3.09. The standard InChI is InChI=1S/C22H20N4O2S/c1-14-7-4-5-8-17(14)21(27)26-22(18-9-6-12-23-19(18)28-3)29-20(25-26)16-11-10-15(2)24-13-16/h4-13,22H,1-3H3. The van der Waals surface area contributed by atoms with E-state index in [-0.39, 0.29) is 11.3 Å². The molecule has 1 unspecified atom stereocenters. The second kappa shape index (κ2) is 8.05. The maximum Gasteiger partial charge on any atom is 0.275 e. The first-order valence-electron chi connectivity index (χ1n) is 9.15. The van der Waals surface area contributed by atoms with Crippen LogP contribution in [0.15, 0.2) is 66.0 Å². The average molecular weight is 404 g/mol. The Bertz CT molecular complexity index is 1080. The van der Waals surface area contributed by atoms with Crippen LogP contribution in [0.25, 0.3) is 0 Å². The molecule has 1 aliphatic heterocycles.